The molecule has 2 unspecified atom stereocenters. The lowest BCUT2D eigenvalue weighted by atomic mass is 10.2. The van der Waals surface area contributed by atoms with Gasteiger partial charge in [-0.25, -0.2) is 8.42 Å². The minimum Gasteiger partial charge on any atom is -0.480 e. The van der Waals surface area contributed by atoms with Crippen molar-refractivity contribution in [1.29, 1.82) is 0 Å². The quantitative estimate of drug-likeness (QED) is 0.509. The van der Waals surface area contributed by atoms with Crippen molar-refractivity contribution in [2.75, 3.05) is 6.54 Å². The predicted molar refractivity (Wildman–Crippen MR) is 69.3 cm³/mol. The zero-order chi connectivity index (χ0) is 14.8. The summed E-state index contributed by atoms with van der Waals surface area (Å²) >= 11 is 0. The zero-order valence-corrected chi connectivity index (χ0v) is 11.1. The molecule has 0 amide bonds. The number of azide groups is 1. The minimum absolute atomic E-state index is 0.0211. The zero-order valence-electron chi connectivity index (χ0n) is 10.3. The Morgan fingerprint density at radius 1 is 1.40 bits per heavy atom. The Morgan fingerprint density at radius 2 is 2.05 bits per heavy atom. The van der Waals surface area contributed by atoms with Crippen LogP contribution in [0.2, 0.25) is 0 Å². The van der Waals surface area contributed by atoms with E-state index in [9.17, 15) is 13.2 Å². The Kier molecular flexibility index (Phi) is 3.93. The van der Waals surface area contributed by atoms with Crippen molar-refractivity contribution >= 4 is 16.0 Å². The molecule has 1 fully saturated rings. The largest absolute Gasteiger partial charge is 0.480 e. The van der Waals surface area contributed by atoms with E-state index in [1.54, 1.807) is 18.2 Å². The van der Waals surface area contributed by atoms with Crippen molar-refractivity contribution < 1.29 is 18.3 Å². The van der Waals surface area contributed by atoms with Crippen LogP contribution in [0.5, 0.6) is 0 Å². The standard InChI is InChI=1S/C11H12N4O4S/c12-14-13-8-6-10(11(16)17)15(7-8)20(18,19)9-4-2-1-3-5-9/h1-5,8,10H,6-7H2,(H,16,17). The van der Waals surface area contributed by atoms with E-state index in [1.807, 2.05) is 0 Å². The number of nitrogens with zero attached hydrogens (tertiary/aromatic N) is 4. The molecule has 1 N–H and O–H groups in total. The van der Waals surface area contributed by atoms with E-state index < -0.39 is 28.1 Å². The summed E-state index contributed by atoms with van der Waals surface area (Å²) in [5, 5.41) is 12.6. The van der Waals surface area contributed by atoms with E-state index in [-0.39, 0.29) is 17.9 Å². The predicted octanol–water partition coefficient (Wildman–Crippen LogP) is 1.21. The number of aliphatic carboxylic acids is 1. The van der Waals surface area contributed by atoms with Gasteiger partial charge in [0.25, 0.3) is 0 Å². The molecule has 2 rings (SSSR count). The molecule has 20 heavy (non-hydrogen) atoms. The fourth-order valence-corrected chi connectivity index (χ4v) is 3.81. The Labute approximate surface area is 115 Å². The van der Waals surface area contributed by atoms with E-state index in [0.29, 0.717) is 0 Å². The number of benzene rings is 1. The third-order valence-electron chi connectivity index (χ3n) is 3.08. The van der Waals surface area contributed by atoms with E-state index >= 15 is 0 Å². The molecule has 0 saturated carbocycles. The van der Waals surface area contributed by atoms with Gasteiger partial charge < -0.3 is 5.11 Å². The molecule has 0 aliphatic carbocycles. The lowest BCUT2D eigenvalue weighted by molar-refractivity contribution is -0.140. The SMILES string of the molecule is [N-]=[N+]=NC1CC(C(=O)O)N(S(=O)(=O)c2ccccc2)C1. The molecule has 1 aromatic carbocycles. The molecule has 1 aliphatic rings. The maximum Gasteiger partial charge on any atom is 0.322 e. The van der Waals surface area contributed by atoms with Gasteiger partial charge in [0, 0.05) is 11.5 Å². The van der Waals surface area contributed by atoms with Gasteiger partial charge in [-0.2, -0.15) is 4.31 Å². The summed E-state index contributed by atoms with van der Waals surface area (Å²) in [6.45, 7) is -0.127. The van der Waals surface area contributed by atoms with E-state index in [4.69, 9.17) is 10.6 Å². The lowest BCUT2D eigenvalue weighted by Gasteiger charge is -2.20. The van der Waals surface area contributed by atoms with Crippen molar-refractivity contribution in [3.63, 3.8) is 0 Å². The van der Waals surface area contributed by atoms with Crippen LogP contribution in [0.1, 0.15) is 6.42 Å². The van der Waals surface area contributed by atoms with Crippen molar-refractivity contribution in [3.8, 4) is 0 Å². The smallest absolute Gasteiger partial charge is 0.322 e. The number of rotatable bonds is 4. The molecule has 0 radical (unpaired) electrons. The van der Waals surface area contributed by atoms with Gasteiger partial charge in [-0.3, -0.25) is 4.79 Å². The number of carbonyl (C=O) groups is 1. The molecule has 0 spiro atoms. The van der Waals surface area contributed by atoms with Gasteiger partial charge in [-0.15, -0.1) is 0 Å². The van der Waals surface area contributed by atoms with Gasteiger partial charge in [0.05, 0.1) is 10.9 Å². The van der Waals surface area contributed by atoms with Crippen LogP contribution in [-0.2, 0) is 14.8 Å². The molecular formula is C11H12N4O4S. The van der Waals surface area contributed by atoms with Gasteiger partial charge in [-0.05, 0) is 24.1 Å². The summed E-state index contributed by atoms with van der Waals surface area (Å²) in [7, 11) is -3.91. The summed E-state index contributed by atoms with van der Waals surface area (Å²) in [6.07, 6.45) is -0.0224. The van der Waals surface area contributed by atoms with Crippen LogP contribution in [0.15, 0.2) is 40.3 Å². The molecule has 106 valence electrons. The highest BCUT2D eigenvalue weighted by atomic mass is 32.2. The van der Waals surface area contributed by atoms with Crippen LogP contribution in [0, 0.1) is 0 Å². The van der Waals surface area contributed by atoms with E-state index in [1.165, 1.54) is 12.1 Å². The lowest BCUT2D eigenvalue weighted by Crippen LogP contribution is -2.40. The maximum absolute atomic E-state index is 12.4. The van der Waals surface area contributed by atoms with Crippen LogP contribution in [0.25, 0.3) is 10.4 Å². The normalized spacial score (nSPS) is 23.2. The molecule has 8 nitrogen and oxygen atoms in total. The fraction of sp³-hybridized carbons (Fsp3) is 0.364. The van der Waals surface area contributed by atoms with Gasteiger partial charge in [0.2, 0.25) is 10.0 Å². The van der Waals surface area contributed by atoms with Gasteiger partial charge in [0.15, 0.2) is 0 Å². The van der Waals surface area contributed by atoms with Crippen molar-refractivity contribution in [2.45, 2.75) is 23.4 Å². The maximum atomic E-state index is 12.4. The second-order valence-corrected chi connectivity index (χ2v) is 6.23. The molecule has 1 aromatic rings. The molecule has 9 heteroatoms. The van der Waals surface area contributed by atoms with Gasteiger partial charge in [-0.1, -0.05) is 23.3 Å². The van der Waals surface area contributed by atoms with Crippen LogP contribution >= 0.6 is 0 Å². The van der Waals surface area contributed by atoms with E-state index in [0.717, 1.165) is 4.31 Å². The second-order valence-electron chi connectivity index (χ2n) is 4.34. The number of carboxylic acids is 1. The average molecular weight is 296 g/mol. The highest BCUT2D eigenvalue weighted by Crippen LogP contribution is 2.28. The fourth-order valence-electron chi connectivity index (χ4n) is 2.16. The number of carboxylic acid groups (broad SMARTS) is 1. The Hall–Kier alpha value is -2.09. The summed E-state index contributed by atoms with van der Waals surface area (Å²) < 4.78 is 25.7. The van der Waals surface area contributed by atoms with Crippen LogP contribution in [-0.4, -0.2) is 42.4 Å². The molecule has 0 aromatic heterocycles. The summed E-state index contributed by atoms with van der Waals surface area (Å²) in [5.74, 6) is -1.25. The Morgan fingerprint density at radius 3 is 2.60 bits per heavy atom. The molecule has 0 bridgehead atoms. The summed E-state index contributed by atoms with van der Waals surface area (Å²) in [5.41, 5.74) is 8.40. The first kappa shape index (κ1) is 14.3. The van der Waals surface area contributed by atoms with Crippen LogP contribution in [0.3, 0.4) is 0 Å². The number of sulfonamides is 1. The Bertz CT molecular complexity index is 654. The molecule has 1 heterocycles. The highest BCUT2D eigenvalue weighted by Gasteiger charge is 2.43. The summed E-state index contributed by atoms with van der Waals surface area (Å²) in [6, 6.07) is 5.70. The van der Waals surface area contributed by atoms with Crippen molar-refractivity contribution in [2.24, 2.45) is 5.11 Å². The summed E-state index contributed by atoms with van der Waals surface area (Å²) in [4.78, 5) is 13.8. The first-order valence-electron chi connectivity index (χ1n) is 5.80. The first-order valence-corrected chi connectivity index (χ1v) is 7.24. The Balaban J connectivity index is 2.39. The number of hydrogen-bond acceptors (Lipinski definition) is 4. The molecule has 1 saturated heterocycles. The van der Waals surface area contributed by atoms with Crippen LogP contribution < -0.4 is 0 Å². The van der Waals surface area contributed by atoms with Crippen molar-refractivity contribution in [3.05, 3.63) is 40.8 Å². The van der Waals surface area contributed by atoms with Gasteiger partial charge >= 0.3 is 5.97 Å². The molecular weight excluding hydrogens is 284 g/mol. The molecule has 2 atom stereocenters. The number of hydrogen-bond donors (Lipinski definition) is 1. The second kappa shape index (κ2) is 5.49. The third-order valence-corrected chi connectivity index (χ3v) is 4.97. The van der Waals surface area contributed by atoms with Crippen molar-refractivity contribution in [1.82, 2.24) is 4.31 Å². The molecule has 1 aliphatic heterocycles. The van der Waals surface area contributed by atoms with Gasteiger partial charge in [0.1, 0.15) is 6.04 Å². The minimum atomic E-state index is -3.91. The first-order chi connectivity index (χ1) is 9.46. The topological polar surface area (TPSA) is 123 Å². The third kappa shape index (κ3) is 2.60. The highest BCUT2D eigenvalue weighted by molar-refractivity contribution is 7.89. The average Bonchev–Trinajstić information content (AvgIpc) is 2.85. The van der Waals surface area contributed by atoms with E-state index in [2.05, 4.69) is 10.0 Å². The monoisotopic (exact) mass is 296 g/mol. The van der Waals surface area contributed by atoms with Crippen LogP contribution in [0.4, 0.5) is 0 Å².